The number of carboxylic acids is 1. The molecule has 0 atom stereocenters. The predicted octanol–water partition coefficient (Wildman–Crippen LogP) is 6.60. The number of hydrogen-bond donors (Lipinski definition) is 3. The Hall–Kier alpha value is -3.24. The van der Waals surface area contributed by atoms with Crippen molar-refractivity contribution in [1.82, 2.24) is 15.0 Å². The van der Waals surface area contributed by atoms with E-state index in [9.17, 15) is 23.1 Å². The topological polar surface area (TPSA) is 139 Å². The molecule has 0 saturated heterocycles. The Kier molecular flexibility index (Phi) is 7.89. The van der Waals surface area contributed by atoms with E-state index in [1.807, 2.05) is 39.0 Å². The van der Waals surface area contributed by atoms with E-state index in [1.165, 1.54) is 19.3 Å². The molecule has 3 aromatic rings. The molecule has 1 amide bonds. The third-order valence-corrected chi connectivity index (χ3v) is 11.9. The number of benzene rings is 2. The van der Waals surface area contributed by atoms with Gasteiger partial charge in [-0.2, -0.15) is 0 Å². The lowest BCUT2D eigenvalue weighted by atomic mass is 9.57. The van der Waals surface area contributed by atoms with Gasteiger partial charge >= 0.3 is 11.9 Å². The molecule has 1 heterocycles. The van der Waals surface area contributed by atoms with Gasteiger partial charge in [0.1, 0.15) is 0 Å². The van der Waals surface area contributed by atoms with Gasteiger partial charge < -0.3 is 14.8 Å². The number of oxazole rings is 1. The van der Waals surface area contributed by atoms with Crippen molar-refractivity contribution in [1.29, 1.82) is 0 Å². The van der Waals surface area contributed by atoms with Gasteiger partial charge in [-0.05, 0) is 89.2 Å². The van der Waals surface area contributed by atoms with Crippen molar-refractivity contribution in [2.75, 3.05) is 0 Å². The largest absolute Gasteiger partial charge is 0.481 e. The number of sulfonamides is 1. The van der Waals surface area contributed by atoms with Crippen LogP contribution < -0.4 is 10.0 Å². The zero-order valence-electron chi connectivity index (χ0n) is 25.9. The van der Waals surface area contributed by atoms with Gasteiger partial charge in [-0.25, -0.2) is 18.1 Å². The summed E-state index contributed by atoms with van der Waals surface area (Å²) in [6.07, 6.45) is 9.96. The van der Waals surface area contributed by atoms with E-state index in [0.29, 0.717) is 78.7 Å². The molecular formula is C34H43N3O6S. The lowest BCUT2D eigenvalue weighted by Crippen LogP contribution is -2.58. The number of fused-ring (bicyclic) bond motifs is 4. The zero-order valence-corrected chi connectivity index (χ0v) is 26.7. The van der Waals surface area contributed by atoms with Gasteiger partial charge in [0.15, 0.2) is 5.76 Å². The number of nitrogens with one attached hydrogen (secondary N) is 2. The van der Waals surface area contributed by atoms with Crippen LogP contribution in [0.15, 0.2) is 45.7 Å². The number of aromatic nitrogens is 1. The molecule has 2 aromatic carbocycles. The Morgan fingerprint density at radius 3 is 2.20 bits per heavy atom. The van der Waals surface area contributed by atoms with Crippen LogP contribution in [0.3, 0.4) is 0 Å². The summed E-state index contributed by atoms with van der Waals surface area (Å²) < 4.78 is 35.9. The standard InChI is InChI=1S/C34H43N3O6S/c1-32(2,3)37-44(41,42)27-14-13-25(23-11-7-8-12-24(23)27)28-26(21-22-9-5-4-6-10-22)35-30(43-28)29(38)36-34-18-15-33(16-19-34,17-20-34)31(39)40/h7-8,11-14,22,37H,4-6,9-10,15-21H2,1-3H3,(H,36,38)(H,39,40). The van der Waals surface area contributed by atoms with E-state index >= 15 is 0 Å². The Balaban J connectivity index is 1.37. The number of hydrogen-bond acceptors (Lipinski definition) is 6. The monoisotopic (exact) mass is 621 g/mol. The molecular weight excluding hydrogens is 578 g/mol. The van der Waals surface area contributed by atoms with Gasteiger partial charge in [0, 0.05) is 22.0 Å². The minimum Gasteiger partial charge on any atom is -0.481 e. The first-order chi connectivity index (χ1) is 20.8. The minimum atomic E-state index is -3.81. The smallest absolute Gasteiger partial charge is 0.309 e. The Labute approximate surface area is 259 Å². The normalized spacial score (nSPS) is 24.4. The molecule has 1 aromatic heterocycles. The Bertz CT molecular complexity index is 1670. The van der Waals surface area contributed by atoms with Crippen molar-refractivity contribution in [3.05, 3.63) is 48.0 Å². The molecule has 4 saturated carbocycles. The molecule has 9 nitrogen and oxygen atoms in total. The molecule has 4 aliphatic carbocycles. The summed E-state index contributed by atoms with van der Waals surface area (Å²) in [4.78, 5) is 30.6. The highest BCUT2D eigenvalue weighted by Crippen LogP contribution is 2.52. The second kappa shape index (κ2) is 11.3. The molecule has 7 rings (SSSR count). The first-order valence-electron chi connectivity index (χ1n) is 15.9. The Morgan fingerprint density at radius 2 is 1.59 bits per heavy atom. The molecule has 10 heteroatoms. The van der Waals surface area contributed by atoms with Gasteiger partial charge in [0.25, 0.3) is 5.89 Å². The van der Waals surface area contributed by atoms with E-state index in [2.05, 4.69) is 10.0 Å². The SMILES string of the molecule is CC(C)(C)NS(=O)(=O)c1ccc(-c2oc(C(=O)NC34CCC(C(=O)O)(CC3)CC4)nc2CC2CCCCC2)c2ccccc12. The number of carboxylic acid groups (broad SMARTS) is 1. The van der Waals surface area contributed by atoms with Crippen LogP contribution in [0.5, 0.6) is 0 Å². The van der Waals surface area contributed by atoms with Crippen molar-refractivity contribution in [3.63, 3.8) is 0 Å². The Morgan fingerprint density at radius 1 is 0.955 bits per heavy atom. The quantitative estimate of drug-likeness (QED) is 0.258. The number of aliphatic carboxylic acids is 1. The summed E-state index contributed by atoms with van der Waals surface area (Å²) in [7, 11) is -3.81. The first kappa shape index (κ1) is 30.8. The number of carbonyl (C=O) groups is 2. The van der Waals surface area contributed by atoms with E-state index in [4.69, 9.17) is 9.40 Å². The van der Waals surface area contributed by atoms with Crippen molar-refractivity contribution < 1.29 is 27.5 Å². The maximum absolute atomic E-state index is 13.7. The predicted molar refractivity (Wildman–Crippen MR) is 168 cm³/mol. The second-order valence-electron chi connectivity index (χ2n) is 14.3. The van der Waals surface area contributed by atoms with E-state index in [0.717, 1.165) is 12.8 Å². The molecule has 4 aliphatic rings. The molecule has 44 heavy (non-hydrogen) atoms. The lowest BCUT2D eigenvalue weighted by molar-refractivity contribution is -0.156. The molecule has 0 aliphatic heterocycles. The summed E-state index contributed by atoms with van der Waals surface area (Å²) >= 11 is 0. The van der Waals surface area contributed by atoms with Gasteiger partial charge in [-0.3, -0.25) is 9.59 Å². The van der Waals surface area contributed by atoms with E-state index in [1.54, 1.807) is 18.2 Å². The highest BCUT2D eigenvalue weighted by Gasteiger charge is 2.53. The molecule has 0 unspecified atom stereocenters. The number of nitrogens with zero attached hydrogens (tertiary/aromatic N) is 1. The third-order valence-electron chi connectivity index (χ3n) is 10.0. The van der Waals surface area contributed by atoms with Crippen LogP contribution >= 0.6 is 0 Å². The molecule has 4 fully saturated rings. The van der Waals surface area contributed by atoms with Crippen molar-refractivity contribution in [2.24, 2.45) is 11.3 Å². The van der Waals surface area contributed by atoms with Crippen LogP contribution in [0.4, 0.5) is 0 Å². The summed E-state index contributed by atoms with van der Waals surface area (Å²) in [5, 5.41) is 14.2. The lowest BCUT2D eigenvalue weighted by Gasteiger charge is -2.51. The van der Waals surface area contributed by atoms with Crippen LogP contribution in [0.1, 0.15) is 108 Å². The fraction of sp³-hybridized carbons (Fsp3) is 0.559. The zero-order chi connectivity index (χ0) is 31.3. The van der Waals surface area contributed by atoms with E-state index in [-0.39, 0.29) is 16.7 Å². The molecule has 0 spiro atoms. The number of carbonyl (C=O) groups excluding carboxylic acids is 1. The third kappa shape index (κ3) is 5.90. The maximum Gasteiger partial charge on any atom is 0.309 e. The van der Waals surface area contributed by atoms with E-state index < -0.39 is 32.5 Å². The molecule has 236 valence electrons. The summed E-state index contributed by atoms with van der Waals surface area (Å²) in [6.45, 7) is 5.42. The van der Waals surface area contributed by atoms with Crippen LogP contribution in [-0.4, -0.2) is 41.5 Å². The fourth-order valence-corrected chi connectivity index (χ4v) is 9.24. The van der Waals surface area contributed by atoms with Crippen LogP contribution in [0, 0.1) is 11.3 Å². The second-order valence-corrected chi connectivity index (χ2v) is 16.0. The summed E-state index contributed by atoms with van der Waals surface area (Å²) in [5.74, 6) is -0.189. The molecule has 2 bridgehead atoms. The van der Waals surface area contributed by atoms with Gasteiger partial charge in [-0.15, -0.1) is 0 Å². The molecule has 3 N–H and O–H groups in total. The van der Waals surface area contributed by atoms with Gasteiger partial charge in [0.05, 0.1) is 16.0 Å². The number of amides is 1. The van der Waals surface area contributed by atoms with Gasteiger partial charge in [0.2, 0.25) is 10.0 Å². The van der Waals surface area contributed by atoms with Crippen LogP contribution in [0.2, 0.25) is 0 Å². The van der Waals surface area contributed by atoms with Crippen molar-refractivity contribution in [3.8, 4) is 11.3 Å². The molecule has 0 radical (unpaired) electrons. The van der Waals surface area contributed by atoms with Crippen molar-refractivity contribution >= 4 is 32.7 Å². The summed E-state index contributed by atoms with van der Waals surface area (Å²) in [5.41, 5.74) is -0.351. The first-order valence-corrected chi connectivity index (χ1v) is 17.4. The van der Waals surface area contributed by atoms with Crippen molar-refractivity contribution in [2.45, 2.75) is 114 Å². The summed E-state index contributed by atoms with van der Waals surface area (Å²) in [6, 6.07) is 10.7. The maximum atomic E-state index is 13.7. The highest BCUT2D eigenvalue weighted by molar-refractivity contribution is 7.89. The minimum absolute atomic E-state index is 0.00370. The number of rotatable bonds is 8. The highest BCUT2D eigenvalue weighted by atomic mass is 32.2. The average molecular weight is 622 g/mol. The average Bonchev–Trinajstić information content (AvgIpc) is 3.40. The van der Waals surface area contributed by atoms with Gasteiger partial charge in [-0.1, -0.05) is 56.4 Å². The van der Waals surface area contributed by atoms with Crippen LogP contribution in [0.25, 0.3) is 22.1 Å². The fourth-order valence-electron chi connectivity index (χ4n) is 7.61. The van der Waals surface area contributed by atoms with Crippen LogP contribution in [-0.2, 0) is 21.2 Å².